The van der Waals surface area contributed by atoms with Gasteiger partial charge >= 0.3 is 0 Å². The highest BCUT2D eigenvalue weighted by molar-refractivity contribution is 6.74. The van der Waals surface area contributed by atoms with Gasteiger partial charge < -0.3 is 48.2 Å². The molecular formula is C26H58N2O8Si. The largest absolute Gasteiger partial charge is 0.414 e. The monoisotopic (exact) mass is 554 g/mol. The van der Waals surface area contributed by atoms with Gasteiger partial charge in [0.25, 0.3) is 0 Å². The van der Waals surface area contributed by atoms with Crippen molar-refractivity contribution in [1.29, 1.82) is 0 Å². The highest BCUT2D eigenvalue weighted by Crippen LogP contribution is 2.36. The quantitative estimate of drug-likeness (QED) is 0.115. The summed E-state index contributed by atoms with van der Waals surface area (Å²) in [5.41, 5.74) is 5.57. The first-order valence-electron chi connectivity index (χ1n) is 13.8. The number of nitrogens with two attached hydrogens (primary N) is 1. The number of hydrogen-bond acceptors (Lipinski definition) is 10. The number of hydrogen-bond donors (Lipinski definition) is 1. The van der Waals surface area contributed by atoms with Crippen molar-refractivity contribution in [3.8, 4) is 0 Å². The Hall–Kier alpha value is -0.183. The molecule has 0 aliphatic carbocycles. The summed E-state index contributed by atoms with van der Waals surface area (Å²) in [6.45, 7) is 25.4. The Kier molecular flexibility index (Phi) is 24.7. The van der Waals surface area contributed by atoms with E-state index >= 15 is 0 Å². The average molecular weight is 555 g/mol. The topological polar surface area (TPSA) is 103 Å². The molecule has 224 valence electrons. The molecule has 0 radical (unpaired) electrons. The molecule has 0 rings (SSSR count). The molecule has 0 saturated carbocycles. The van der Waals surface area contributed by atoms with Crippen LogP contribution in [0.15, 0.2) is 0 Å². The second-order valence-electron chi connectivity index (χ2n) is 10.1. The Bertz CT molecular complexity index is 484. The molecule has 0 aliphatic heterocycles. The third kappa shape index (κ3) is 23.4. The van der Waals surface area contributed by atoms with E-state index in [1.165, 1.54) is 0 Å². The maximum Gasteiger partial charge on any atom is 0.192 e. The van der Waals surface area contributed by atoms with E-state index in [-0.39, 0.29) is 5.04 Å². The van der Waals surface area contributed by atoms with E-state index in [1.54, 1.807) is 0 Å². The van der Waals surface area contributed by atoms with Gasteiger partial charge in [0.15, 0.2) is 8.32 Å². The fourth-order valence-corrected chi connectivity index (χ4v) is 3.82. The standard InChI is InChI=1S/C26H58N2O8Si/c1-7-28(9-8-27)10-11-29-12-13-30-14-15-31-16-17-32-18-19-33-20-21-34-22-23-35-24-25-36-37(5,6)26(2,3)4/h7-25,27H2,1-6H3. The van der Waals surface area contributed by atoms with Crippen LogP contribution in [0.2, 0.25) is 18.1 Å². The Balaban J connectivity index is 3.20. The molecule has 0 aromatic heterocycles. The van der Waals surface area contributed by atoms with Gasteiger partial charge in [0, 0.05) is 19.6 Å². The molecule has 0 aliphatic rings. The molecule has 0 atom stereocenters. The summed E-state index contributed by atoms with van der Waals surface area (Å²) in [5, 5.41) is 0.225. The summed E-state index contributed by atoms with van der Waals surface area (Å²) in [6, 6.07) is 0. The summed E-state index contributed by atoms with van der Waals surface area (Å²) in [4.78, 5) is 2.27. The maximum absolute atomic E-state index is 6.07. The minimum atomic E-state index is -1.68. The molecule has 0 heterocycles. The van der Waals surface area contributed by atoms with Crippen LogP contribution in [0.3, 0.4) is 0 Å². The van der Waals surface area contributed by atoms with Gasteiger partial charge in [0.2, 0.25) is 0 Å². The zero-order valence-corrected chi connectivity index (χ0v) is 25.7. The van der Waals surface area contributed by atoms with Crippen molar-refractivity contribution in [2.75, 3.05) is 125 Å². The van der Waals surface area contributed by atoms with Gasteiger partial charge in [-0.2, -0.15) is 0 Å². The van der Waals surface area contributed by atoms with Crippen molar-refractivity contribution >= 4 is 8.32 Å². The lowest BCUT2D eigenvalue weighted by molar-refractivity contribution is -0.0217. The fraction of sp³-hybridized carbons (Fsp3) is 1.00. The highest BCUT2D eigenvalue weighted by atomic mass is 28.4. The van der Waals surface area contributed by atoms with Gasteiger partial charge in [0.05, 0.1) is 99.1 Å². The van der Waals surface area contributed by atoms with Gasteiger partial charge in [-0.05, 0) is 24.7 Å². The molecule has 0 aromatic rings. The molecule has 0 fully saturated rings. The highest BCUT2D eigenvalue weighted by Gasteiger charge is 2.36. The van der Waals surface area contributed by atoms with E-state index in [9.17, 15) is 0 Å². The van der Waals surface area contributed by atoms with Crippen molar-refractivity contribution in [3.05, 3.63) is 0 Å². The van der Waals surface area contributed by atoms with Crippen LogP contribution in [0.25, 0.3) is 0 Å². The van der Waals surface area contributed by atoms with Crippen molar-refractivity contribution in [3.63, 3.8) is 0 Å². The summed E-state index contributed by atoms with van der Waals surface area (Å²) in [6.07, 6.45) is 0. The molecule has 10 nitrogen and oxygen atoms in total. The summed E-state index contributed by atoms with van der Waals surface area (Å²) >= 11 is 0. The van der Waals surface area contributed by atoms with Crippen LogP contribution in [0.5, 0.6) is 0 Å². The summed E-state index contributed by atoms with van der Waals surface area (Å²) < 4.78 is 44.7. The Morgan fingerprint density at radius 1 is 0.541 bits per heavy atom. The second-order valence-corrected chi connectivity index (χ2v) is 14.9. The van der Waals surface area contributed by atoms with Crippen molar-refractivity contribution in [2.45, 2.75) is 45.8 Å². The SMILES string of the molecule is CCN(CCN)CCOCCOCCOCCOCCOCCOCCOCCO[Si](C)(C)C(C)(C)C. The van der Waals surface area contributed by atoms with E-state index in [0.717, 1.165) is 19.6 Å². The zero-order valence-electron chi connectivity index (χ0n) is 24.7. The van der Waals surface area contributed by atoms with Crippen LogP contribution in [0.1, 0.15) is 27.7 Å². The average Bonchev–Trinajstić information content (AvgIpc) is 2.85. The second kappa shape index (κ2) is 24.8. The molecule has 37 heavy (non-hydrogen) atoms. The van der Waals surface area contributed by atoms with E-state index in [0.29, 0.717) is 106 Å². The first-order chi connectivity index (χ1) is 17.7. The van der Waals surface area contributed by atoms with Crippen LogP contribution in [0.4, 0.5) is 0 Å². The summed E-state index contributed by atoms with van der Waals surface area (Å²) in [7, 11) is -1.68. The number of nitrogens with zero attached hydrogens (tertiary/aromatic N) is 1. The van der Waals surface area contributed by atoms with Crippen LogP contribution < -0.4 is 5.73 Å². The minimum absolute atomic E-state index is 0.225. The third-order valence-corrected chi connectivity index (χ3v) is 10.7. The van der Waals surface area contributed by atoms with E-state index in [4.69, 9.17) is 43.3 Å². The van der Waals surface area contributed by atoms with Crippen LogP contribution in [-0.4, -0.2) is 138 Å². The smallest absolute Gasteiger partial charge is 0.192 e. The minimum Gasteiger partial charge on any atom is -0.414 e. The molecular weight excluding hydrogens is 496 g/mol. The molecule has 0 aromatic carbocycles. The van der Waals surface area contributed by atoms with Crippen LogP contribution in [-0.2, 0) is 37.6 Å². The lowest BCUT2D eigenvalue weighted by atomic mass is 10.2. The molecule has 0 bridgehead atoms. The fourth-order valence-electron chi connectivity index (χ4n) is 2.80. The molecule has 0 saturated heterocycles. The Morgan fingerprint density at radius 3 is 1.16 bits per heavy atom. The normalized spacial score (nSPS) is 12.6. The third-order valence-electron chi connectivity index (χ3n) is 6.17. The molecule has 0 amide bonds. The van der Waals surface area contributed by atoms with Crippen LogP contribution in [0, 0.1) is 0 Å². The first kappa shape index (κ1) is 36.8. The lowest BCUT2D eigenvalue weighted by Crippen LogP contribution is -2.41. The number of likely N-dealkylation sites (N-methyl/N-ethyl adjacent to an activating group) is 1. The van der Waals surface area contributed by atoms with Crippen LogP contribution >= 0.6 is 0 Å². The van der Waals surface area contributed by atoms with Gasteiger partial charge in [-0.1, -0.05) is 27.7 Å². The Morgan fingerprint density at radius 2 is 0.865 bits per heavy atom. The predicted molar refractivity (Wildman–Crippen MR) is 150 cm³/mol. The van der Waals surface area contributed by atoms with Gasteiger partial charge in [-0.15, -0.1) is 0 Å². The van der Waals surface area contributed by atoms with Crippen molar-refractivity contribution < 1.29 is 37.6 Å². The molecule has 0 unspecified atom stereocenters. The lowest BCUT2D eigenvalue weighted by Gasteiger charge is -2.36. The molecule has 11 heteroatoms. The van der Waals surface area contributed by atoms with Crippen molar-refractivity contribution in [1.82, 2.24) is 4.90 Å². The Labute approximate surface area is 227 Å². The maximum atomic E-state index is 6.07. The molecule has 0 spiro atoms. The van der Waals surface area contributed by atoms with E-state index in [1.807, 2.05) is 0 Å². The van der Waals surface area contributed by atoms with Gasteiger partial charge in [-0.25, -0.2) is 0 Å². The van der Waals surface area contributed by atoms with Crippen molar-refractivity contribution in [2.24, 2.45) is 5.73 Å². The van der Waals surface area contributed by atoms with Gasteiger partial charge in [0.1, 0.15) is 0 Å². The first-order valence-corrected chi connectivity index (χ1v) is 16.8. The van der Waals surface area contributed by atoms with E-state index < -0.39 is 8.32 Å². The number of ether oxygens (including phenoxy) is 7. The zero-order chi connectivity index (χ0) is 27.7. The number of rotatable bonds is 28. The summed E-state index contributed by atoms with van der Waals surface area (Å²) in [5.74, 6) is 0. The predicted octanol–water partition coefficient (Wildman–Crippen LogP) is 2.41. The van der Waals surface area contributed by atoms with E-state index in [2.05, 4.69) is 45.7 Å². The molecule has 2 N–H and O–H groups in total. The van der Waals surface area contributed by atoms with Gasteiger partial charge in [-0.3, -0.25) is 0 Å².